The van der Waals surface area contributed by atoms with Crippen molar-refractivity contribution < 1.29 is 9.18 Å². The van der Waals surface area contributed by atoms with E-state index in [2.05, 4.69) is 21.6 Å². The van der Waals surface area contributed by atoms with E-state index < -0.39 is 0 Å². The Labute approximate surface area is 165 Å². The van der Waals surface area contributed by atoms with Gasteiger partial charge in [0.2, 0.25) is 5.13 Å². The third kappa shape index (κ3) is 4.04. The average molecular weight is 400 g/mol. The van der Waals surface area contributed by atoms with Gasteiger partial charge in [-0.25, -0.2) is 4.39 Å². The molecule has 0 bridgehead atoms. The van der Waals surface area contributed by atoms with Crippen LogP contribution in [0.2, 0.25) is 0 Å². The fraction of sp³-hybridized carbons (Fsp3) is 0.250. The van der Waals surface area contributed by atoms with E-state index >= 15 is 0 Å². The highest BCUT2D eigenvalue weighted by atomic mass is 32.2. The number of rotatable bonds is 6. The van der Waals surface area contributed by atoms with Gasteiger partial charge in [-0.05, 0) is 55.5 Å². The second-order valence-electron chi connectivity index (χ2n) is 6.44. The number of ketones is 1. The molecule has 7 heteroatoms. The van der Waals surface area contributed by atoms with Crippen LogP contribution in [0.4, 0.5) is 15.2 Å². The van der Waals surface area contributed by atoms with Gasteiger partial charge in [-0.3, -0.25) is 4.79 Å². The molecular weight excluding hydrogens is 381 g/mol. The molecule has 0 fully saturated rings. The lowest BCUT2D eigenvalue weighted by Gasteiger charge is -2.09. The molecule has 0 amide bonds. The molecule has 0 saturated heterocycles. The number of nitrogens with zero attached hydrogens (tertiary/aromatic N) is 2. The minimum absolute atomic E-state index is 0.0912. The van der Waals surface area contributed by atoms with E-state index in [1.807, 2.05) is 19.1 Å². The summed E-state index contributed by atoms with van der Waals surface area (Å²) in [4.78, 5) is 12.8. The molecule has 2 aromatic carbocycles. The van der Waals surface area contributed by atoms with E-state index in [9.17, 15) is 9.18 Å². The number of aromatic nitrogens is 2. The predicted molar refractivity (Wildman–Crippen MR) is 108 cm³/mol. The van der Waals surface area contributed by atoms with E-state index in [0.717, 1.165) is 18.4 Å². The second-order valence-corrected chi connectivity index (χ2v) is 9.00. The first-order valence-corrected chi connectivity index (χ1v) is 10.5. The lowest BCUT2D eigenvalue weighted by atomic mass is 10.0. The summed E-state index contributed by atoms with van der Waals surface area (Å²) >= 11 is 2.69. The number of fused-ring (bicyclic) bond motifs is 1. The van der Waals surface area contributed by atoms with Crippen LogP contribution in [-0.4, -0.2) is 21.2 Å². The van der Waals surface area contributed by atoms with E-state index in [4.69, 9.17) is 0 Å². The largest absolute Gasteiger partial charge is 0.328 e. The molecule has 1 unspecified atom stereocenters. The molecule has 0 spiro atoms. The smallest absolute Gasteiger partial charge is 0.210 e. The number of hydrogen-bond donors (Lipinski definition) is 1. The fourth-order valence-electron chi connectivity index (χ4n) is 3.15. The summed E-state index contributed by atoms with van der Waals surface area (Å²) in [7, 11) is 0. The molecule has 4 rings (SSSR count). The summed E-state index contributed by atoms with van der Waals surface area (Å²) in [5.41, 5.74) is 3.77. The minimum Gasteiger partial charge on any atom is -0.328 e. The van der Waals surface area contributed by atoms with Crippen LogP contribution < -0.4 is 5.32 Å². The summed E-state index contributed by atoms with van der Waals surface area (Å²) in [6.07, 6.45) is 3.33. The van der Waals surface area contributed by atoms with Crippen molar-refractivity contribution in [2.75, 3.05) is 5.32 Å². The zero-order valence-corrected chi connectivity index (χ0v) is 16.4. The molecule has 138 valence electrons. The highest BCUT2D eigenvalue weighted by Crippen LogP contribution is 2.32. The number of Topliss-reactive ketones (excluding diaryl/α,β-unsaturated/α-hetero) is 1. The molecule has 1 atom stereocenters. The molecule has 1 aliphatic rings. The van der Waals surface area contributed by atoms with Crippen LogP contribution in [0.3, 0.4) is 0 Å². The number of anilines is 2. The third-order valence-corrected chi connectivity index (χ3v) is 6.57. The fourth-order valence-corrected chi connectivity index (χ4v) is 5.14. The molecule has 0 aliphatic heterocycles. The Kier molecular flexibility index (Phi) is 5.22. The van der Waals surface area contributed by atoms with Crippen LogP contribution in [0.15, 0.2) is 46.8 Å². The Morgan fingerprint density at radius 1 is 1.19 bits per heavy atom. The van der Waals surface area contributed by atoms with E-state index in [1.54, 1.807) is 18.2 Å². The van der Waals surface area contributed by atoms with Gasteiger partial charge >= 0.3 is 0 Å². The molecule has 1 N–H and O–H groups in total. The molecule has 0 radical (unpaired) electrons. The van der Waals surface area contributed by atoms with Crippen LogP contribution in [0, 0.1) is 5.82 Å². The van der Waals surface area contributed by atoms with Crippen LogP contribution >= 0.6 is 23.1 Å². The molecule has 27 heavy (non-hydrogen) atoms. The van der Waals surface area contributed by atoms with Gasteiger partial charge in [0.05, 0.1) is 10.9 Å². The minimum atomic E-state index is -0.345. The molecule has 3 aromatic rings. The van der Waals surface area contributed by atoms with Gasteiger partial charge in [-0.1, -0.05) is 47.4 Å². The Hall–Kier alpha value is -2.25. The van der Waals surface area contributed by atoms with Gasteiger partial charge in [0.1, 0.15) is 5.82 Å². The maximum absolute atomic E-state index is 13.7. The highest BCUT2D eigenvalue weighted by Gasteiger charge is 2.21. The van der Waals surface area contributed by atoms with Crippen LogP contribution in [0.5, 0.6) is 0 Å². The SMILES string of the molecule is CC(Sc1nnc(Nc2ccccc2F)s1)C(=O)c1ccc2c(c1)CCC2. The van der Waals surface area contributed by atoms with Crippen molar-refractivity contribution in [3.63, 3.8) is 0 Å². The summed E-state index contributed by atoms with van der Waals surface area (Å²) in [5, 5.41) is 11.3. The number of benzene rings is 2. The Morgan fingerprint density at radius 2 is 2.00 bits per heavy atom. The molecule has 1 aliphatic carbocycles. The zero-order chi connectivity index (χ0) is 18.8. The monoisotopic (exact) mass is 399 g/mol. The van der Waals surface area contributed by atoms with E-state index in [1.165, 1.54) is 46.7 Å². The summed E-state index contributed by atoms with van der Waals surface area (Å²) < 4.78 is 14.4. The average Bonchev–Trinajstić information content (AvgIpc) is 3.31. The summed E-state index contributed by atoms with van der Waals surface area (Å²) in [5.74, 6) is -0.254. The van der Waals surface area contributed by atoms with Gasteiger partial charge in [0.25, 0.3) is 0 Å². The number of para-hydroxylation sites is 1. The van der Waals surface area contributed by atoms with Crippen LogP contribution in [-0.2, 0) is 12.8 Å². The summed E-state index contributed by atoms with van der Waals surface area (Å²) in [6.45, 7) is 1.88. The number of thioether (sulfide) groups is 1. The third-order valence-electron chi connectivity index (χ3n) is 4.55. The Bertz CT molecular complexity index is 989. The lowest BCUT2D eigenvalue weighted by Crippen LogP contribution is -2.13. The highest BCUT2D eigenvalue weighted by molar-refractivity contribution is 8.02. The van der Waals surface area contributed by atoms with Crippen LogP contribution in [0.1, 0.15) is 34.8 Å². The molecule has 1 heterocycles. The van der Waals surface area contributed by atoms with Crippen molar-refractivity contribution >= 4 is 39.7 Å². The normalized spacial score (nSPS) is 14.0. The van der Waals surface area contributed by atoms with Crippen molar-refractivity contribution in [2.24, 2.45) is 0 Å². The quantitative estimate of drug-likeness (QED) is 0.452. The lowest BCUT2D eigenvalue weighted by molar-refractivity contribution is 0.0994. The van der Waals surface area contributed by atoms with Gasteiger partial charge in [-0.2, -0.15) is 0 Å². The van der Waals surface area contributed by atoms with Crippen LogP contribution in [0.25, 0.3) is 0 Å². The Balaban J connectivity index is 1.42. The topological polar surface area (TPSA) is 54.9 Å². The summed E-state index contributed by atoms with van der Waals surface area (Å²) in [6, 6.07) is 12.4. The van der Waals surface area contributed by atoms with Gasteiger partial charge in [0.15, 0.2) is 10.1 Å². The number of halogens is 1. The van der Waals surface area contributed by atoms with Crippen molar-refractivity contribution in [1.29, 1.82) is 0 Å². The number of carbonyl (C=O) groups is 1. The van der Waals surface area contributed by atoms with Gasteiger partial charge in [0, 0.05) is 5.56 Å². The molecule has 4 nitrogen and oxygen atoms in total. The maximum Gasteiger partial charge on any atom is 0.210 e. The van der Waals surface area contributed by atoms with Crippen molar-refractivity contribution in [3.05, 3.63) is 65.0 Å². The number of carbonyl (C=O) groups excluding carboxylic acids is 1. The first-order valence-electron chi connectivity index (χ1n) is 8.78. The van der Waals surface area contributed by atoms with Crippen molar-refractivity contribution in [3.8, 4) is 0 Å². The standard InChI is InChI=1S/C20H18FN3OS2/c1-12(18(25)15-10-9-13-5-4-6-14(13)11-15)26-20-24-23-19(27-20)22-17-8-3-2-7-16(17)21/h2-3,7-12H,4-6H2,1H3,(H,22,23). The zero-order valence-electron chi connectivity index (χ0n) is 14.7. The Morgan fingerprint density at radius 3 is 2.85 bits per heavy atom. The number of hydrogen-bond acceptors (Lipinski definition) is 6. The molecule has 1 aromatic heterocycles. The molecule has 0 saturated carbocycles. The van der Waals surface area contributed by atoms with Gasteiger partial charge < -0.3 is 5.32 Å². The second kappa shape index (κ2) is 7.78. The van der Waals surface area contributed by atoms with Gasteiger partial charge in [-0.15, -0.1) is 10.2 Å². The number of nitrogens with one attached hydrogen (secondary N) is 1. The van der Waals surface area contributed by atoms with E-state index in [0.29, 0.717) is 15.2 Å². The predicted octanol–water partition coefficient (Wildman–Crippen LogP) is 5.27. The maximum atomic E-state index is 13.7. The first-order chi connectivity index (χ1) is 13.1. The first kappa shape index (κ1) is 18.1. The van der Waals surface area contributed by atoms with Crippen molar-refractivity contribution in [2.45, 2.75) is 35.8 Å². The number of aryl methyl sites for hydroxylation is 2. The van der Waals surface area contributed by atoms with Crippen molar-refractivity contribution in [1.82, 2.24) is 10.2 Å². The molecular formula is C20H18FN3OS2. The van der Waals surface area contributed by atoms with E-state index in [-0.39, 0.29) is 16.9 Å².